The van der Waals surface area contributed by atoms with E-state index in [1.807, 2.05) is 0 Å². The normalized spacial score (nSPS) is 11.6. The van der Waals surface area contributed by atoms with E-state index in [0.717, 1.165) is 31.2 Å². The number of carboxylic acids is 1. The third-order valence-electron chi connectivity index (χ3n) is 3.10. The van der Waals surface area contributed by atoms with Gasteiger partial charge >= 0.3 is 5.97 Å². The molecule has 2 rings (SSSR count). The topological polar surface area (TPSA) is 147 Å². The van der Waals surface area contributed by atoms with Gasteiger partial charge in [-0.15, -0.1) is 0 Å². The molecule has 0 spiro atoms. The minimum Gasteiger partial charge on any atom is -0.478 e. The molecule has 0 aliphatic heterocycles. The van der Waals surface area contributed by atoms with Crippen LogP contribution in [0.4, 0.5) is 5.69 Å². The molecule has 0 heterocycles. The van der Waals surface area contributed by atoms with Gasteiger partial charge < -0.3 is 5.11 Å². The summed E-state index contributed by atoms with van der Waals surface area (Å²) in [4.78, 5) is 21.4. The molecule has 0 aliphatic rings. The van der Waals surface area contributed by atoms with E-state index < -0.39 is 42.4 Å². The molecule has 138 valence electrons. The molecule has 9 nitrogen and oxygen atoms in total. The molecule has 11 heteroatoms. The standard InChI is InChI=1S/C15H14N2O7S2/c1-10(18)16-25(21,22)12-8-6-11(7-9-12)17-26(23,24)14-5-3-2-4-13(14)15(19)20/h2-9,17H,1H3,(H,16,18)(H,19,20). The number of hydrogen-bond donors (Lipinski definition) is 3. The molecule has 0 aromatic heterocycles. The molecule has 0 fully saturated rings. The second-order valence-electron chi connectivity index (χ2n) is 5.09. The van der Waals surface area contributed by atoms with Crippen LogP contribution in [0.5, 0.6) is 0 Å². The maximum atomic E-state index is 12.4. The monoisotopic (exact) mass is 398 g/mol. The van der Waals surface area contributed by atoms with Gasteiger partial charge in [0.05, 0.1) is 10.5 Å². The zero-order valence-corrected chi connectivity index (χ0v) is 15.0. The summed E-state index contributed by atoms with van der Waals surface area (Å²) in [5.74, 6) is -2.16. The van der Waals surface area contributed by atoms with Gasteiger partial charge in [-0.2, -0.15) is 0 Å². The van der Waals surface area contributed by atoms with E-state index in [1.54, 1.807) is 4.72 Å². The van der Waals surface area contributed by atoms with E-state index >= 15 is 0 Å². The predicted octanol–water partition coefficient (Wildman–Crippen LogP) is 1.01. The van der Waals surface area contributed by atoms with Crippen LogP contribution in [0, 0.1) is 0 Å². The van der Waals surface area contributed by atoms with Gasteiger partial charge in [0.25, 0.3) is 20.0 Å². The third-order valence-corrected chi connectivity index (χ3v) is 5.99. The average molecular weight is 398 g/mol. The van der Waals surface area contributed by atoms with Crippen LogP contribution in [0.25, 0.3) is 0 Å². The van der Waals surface area contributed by atoms with Crippen molar-refractivity contribution in [3.63, 3.8) is 0 Å². The molecular formula is C15H14N2O7S2. The Balaban J connectivity index is 2.32. The summed E-state index contributed by atoms with van der Waals surface area (Å²) in [6.07, 6.45) is 0. The van der Waals surface area contributed by atoms with Gasteiger partial charge in [0.1, 0.15) is 4.90 Å². The Morgan fingerprint density at radius 1 is 0.885 bits per heavy atom. The molecule has 1 amide bonds. The van der Waals surface area contributed by atoms with Crippen molar-refractivity contribution in [1.82, 2.24) is 4.72 Å². The summed E-state index contributed by atoms with van der Waals surface area (Å²) >= 11 is 0. The predicted molar refractivity (Wildman–Crippen MR) is 91.7 cm³/mol. The first-order chi connectivity index (χ1) is 12.0. The number of rotatable bonds is 6. The van der Waals surface area contributed by atoms with Crippen molar-refractivity contribution in [1.29, 1.82) is 0 Å². The number of amides is 1. The van der Waals surface area contributed by atoms with Gasteiger partial charge in [0.2, 0.25) is 5.91 Å². The summed E-state index contributed by atoms with van der Waals surface area (Å²) < 4.78 is 52.5. The van der Waals surface area contributed by atoms with Crippen molar-refractivity contribution in [2.75, 3.05) is 4.72 Å². The summed E-state index contributed by atoms with van der Waals surface area (Å²) in [6, 6.07) is 9.62. The maximum absolute atomic E-state index is 12.4. The van der Waals surface area contributed by atoms with Crippen LogP contribution in [-0.2, 0) is 24.8 Å². The van der Waals surface area contributed by atoms with Gasteiger partial charge in [0, 0.05) is 12.6 Å². The first kappa shape index (κ1) is 19.4. The number of hydrogen-bond acceptors (Lipinski definition) is 6. The molecule has 26 heavy (non-hydrogen) atoms. The van der Waals surface area contributed by atoms with Gasteiger partial charge in [-0.25, -0.2) is 26.4 Å². The molecule has 0 unspecified atom stereocenters. The summed E-state index contributed by atoms with van der Waals surface area (Å²) in [5.41, 5.74) is -0.378. The minimum atomic E-state index is -4.21. The number of benzene rings is 2. The van der Waals surface area contributed by atoms with Crippen LogP contribution in [-0.4, -0.2) is 33.8 Å². The van der Waals surface area contributed by atoms with Gasteiger partial charge in [-0.3, -0.25) is 9.52 Å². The third kappa shape index (κ3) is 4.37. The first-order valence-corrected chi connectivity index (χ1v) is 9.98. The molecule has 0 saturated carbocycles. The lowest BCUT2D eigenvalue weighted by atomic mass is 10.2. The Hall–Kier alpha value is -2.92. The Labute approximate surface area is 149 Å². The highest BCUT2D eigenvalue weighted by Gasteiger charge is 2.22. The van der Waals surface area contributed by atoms with Crippen LogP contribution < -0.4 is 9.44 Å². The zero-order valence-electron chi connectivity index (χ0n) is 13.3. The SMILES string of the molecule is CC(=O)NS(=O)(=O)c1ccc(NS(=O)(=O)c2ccccc2C(=O)O)cc1. The Morgan fingerprint density at radius 3 is 2.00 bits per heavy atom. The zero-order chi connectivity index (χ0) is 19.5. The minimum absolute atomic E-state index is 0.0203. The fourth-order valence-corrected chi connectivity index (χ4v) is 4.29. The highest BCUT2D eigenvalue weighted by Crippen LogP contribution is 2.21. The summed E-state index contributed by atoms with van der Waals surface area (Å²) in [5, 5.41) is 9.10. The van der Waals surface area contributed by atoms with E-state index in [0.29, 0.717) is 0 Å². The summed E-state index contributed by atoms with van der Waals surface area (Å²) in [7, 11) is -8.25. The Morgan fingerprint density at radius 2 is 1.46 bits per heavy atom. The van der Waals surface area contributed by atoms with Crippen molar-refractivity contribution >= 4 is 37.6 Å². The highest BCUT2D eigenvalue weighted by atomic mass is 32.2. The molecule has 3 N–H and O–H groups in total. The molecule has 0 bridgehead atoms. The molecular weight excluding hydrogens is 384 g/mol. The van der Waals surface area contributed by atoms with Crippen LogP contribution in [0.3, 0.4) is 0 Å². The fraction of sp³-hybridized carbons (Fsp3) is 0.0667. The van der Waals surface area contributed by atoms with E-state index in [9.17, 15) is 26.4 Å². The van der Waals surface area contributed by atoms with Gasteiger partial charge in [-0.1, -0.05) is 12.1 Å². The van der Waals surface area contributed by atoms with Crippen LogP contribution in [0.2, 0.25) is 0 Å². The number of carboxylic acid groups (broad SMARTS) is 1. The number of carbonyl (C=O) groups excluding carboxylic acids is 1. The van der Waals surface area contributed by atoms with Crippen molar-refractivity contribution in [2.24, 2.45) is 0 Å². The van der Waals surface area contributed by atoms with E-state index in [4.69, 9.17) is 5.11 Å². The lowest BCUT2D eigenvalue weighted by Crippen LogP contribution is -2.28. The van der Waals surface area contributed by atoms with E-state index in [-0.39, 0.29) is 10.6 Å². The number of carbonyl (C=O) groups is 2. The van der Waals surface area contributed by atoms with Crippen molar-refractivity contribution in [2.45, 2.75) is 16.7 Å². The molecule has 0 saturated heterocycles. The maximum Gasteiger partial charge on any atom is 0.337 e. The van der Waals surface area contributed by atoms with Crippen molar-refractivity contribution in [3.05, 3.63) is 54.1 Å². The van der Waals surface area contributed by atoms with Crippen LogP contribution in [0.15, 0.2) is 58.3 Å². The smallest absolute Gasteiger partial charge is 0.337 e. The number of nitrogens with one attached hydrogen (secondary N) is 2. The molecule has 0 atom stereocenters. The van der Waals surface area contributed by atoms with Crippen LogP contribution in [0.1, 0.15) is 17.3 Å². The average Bonchev–Trinajstić information content (AvgIpc) is 2.53. The lowest BCUT2D eigenvalue weighted by molar-refractivity contribution is -0.117. The second-order valence-corrected chi connectivity index (χ2v) is 8.43. The molecule has 2 aromatic rings. The van der Waals surface area contributed by atoms with Gasteiger partial charge in [-0.05, 0) is 36.4 Å². The Kier molecular flexibility index (Phi) is 5.33. The van der Waals surface area contributed by atoms with Crippen molar-refractivity contribution < 1.29 is 31.5 Å². The summed E-state index contributed by atoms with van der Waals surface area (Å²) in [6.45, 7) is 1.04. The van der Waals surface area contributed by atoms with Gasteiger partial charge in [0.15, 0.2) is 0 Å². The molecule has 0 radical (unpaired) electrons. The molecule has 0 aliphatic carbocycles. The quantitative estimate of drug-likeness (QED) is 0.658. The van der Waals surface area contributed by atoms with Crippen molar-refractivity contribution in [3.8, 4) is 0 Å². The highest BCUT2D eigenvalue weighted by molar-refractivity contribution is 7.92. The largest absolute Gasteiger partial charge is 0.478 e. The lowest BCUT2D eigenvalue weighted by Gasteiger charge is -2.11. The van der Waals surface area contributed by atoms with E-state index in [2.05, 4.69) is 4.72 Å². The first-order valence-electron chi connectivity index (χ1n) is 7.01. The fourth-order valence-electron chi connectivity index (χ4n) is 2.04. The number of anilines is 1. The van der Waals surface area contributed by atoms with E-state index in [1.165, 1.54) is 24.3 Å². The van der Waals surface area contributed by atoms with Crippen LogP contribution >= 0.6 is 0 Å². The number of aromatic carboxylic acids is 1. The Bertz CT molecular complexity index is 1060. The molecule has 2 aromatic carbocycles. The number of sulfonamides is 2. The second kappa shape index (κ2) is 7.14.